The van der Waals surface area contributed by atoms with E-state index in [1.807, 2.05) is 48.5 Å². The van der Waals surface area contributed by atoms with E-state index in [4.69, 9.17) is 16.0 Å². The highest BCUT2D eigenvalue weighted by atomic mass is 35.5. The molecule has 5 nitrogen and oxygen atoms in total. The van der Waals surface area contributed by atoms with Gasteiger partial charge in [0, 0.05) is 21.8 Å². The van der Waals surface area contributed by atoms with Crippen molar-refractivity contribution in [2.75, 3.05) is 31.1 Å². The molecule has 28 heavy (non-hydrogen) atoms. The highest BCUT2D eigenvalue weighted by Gasteiger charge is 2.22. The van der Waals surface area contributed by atoms with Gasteiger partial charge in [0.15, 0.2) is 18.1 Å². The maximum atomic E-state index is 11.4. The minimum atomic E-state index is 0.102. The molecule has 0 aliphatic carbocycles. The summed E-state index contributed by atoms with van der Waals surface area (Å²) in [6.07, 6.45) is 1.78. The van der Waals surface area contributed by atoms with Crippen LogP contribution in [0.4, 0.5) is 5.69 Å². The summed E-state index contributed by atoms with van der Waals surface area (Å²) in [4.78, 5) is 19.7. The lowest BCUT2D eigenvalue weighted by molar-refractivity contribution is -0.915. The zero-order valence-corrected chi connectivity index (χ0v) is 16.6. The second kappa shape index (κ2) is 8.17. The molecule has 2 heterocycles. The number of nitrogens with zero attached hydrogens (tertiary/aromatic N) is 2. The van der Waals surface area contributed by atoms with Gasteiger partial charge in [0.05, 0.1) is 32.4 Å². The number of oxazole rings is 1. The molecular formula is C22H23ClN3O2+. The maximum Gasteiger partial charge on any atom is 0.250 e. The van der Waals surface area contributed by atoms with Gasteiger partial charge in [-0.25, -0.2) is 4.98 Å². The normalized spacial score (nSPS) is 15.0. The molecule has 1 fully saturated rings. The summed E-state index contributed by atoms with van der Waals surface area (Å²) < 4.78 is 5.94. The summed E-state index contributed by atoms with van der Waals surface area (Å²) in [6, 6.07) is 15.5. The first-order valence-corrected chi connectivity index (χ1v) is 9.86. The van der Waals surface area contributed by atoms with E-state index in [2.05, 4.69) is 9.88 Å². The van der Waals surface area contributed by atoms with E-state index < -0.39 is 0 Å². The second-order valence-corrected chi connectivity index (χ2v) is 7.58. The van der Waals surface area contributed by atoms with E-state index >= 15 is 0 Å². The number of carbonyl (C=O) groups is 1. The summed E-state index contributed by atoms with van der Waals surface area (Å²) in [6.45, 7) is 6.36. The Morgan fingerprint density at radius 1 is 1.11 bits per heavy atom. The summed E-state index contributed by atoms with van der Waals surface area (Å²) in [5.41, 5.74) is 2.91. The van der Waals surface area contributed by atoms with Crippen LogP contribution in [0.25, 0.3) is 11.3 Å². The average molecular weight is 397 g/mol. The number of Topliss-reactive ketones (excluding diaryl/α,β-unsaturated/α-hetero) is 1. The summed E-state index contributed by atoms with van der Waals surface area (Å²) in [5, 5.41) is 0.710. The molecule has 1 aliphatic heterocycles. The van der Waals surface area contributed by atoms with Crippen LogP contribution in [0.1, 0.15) is 23.2 Å². The Morgan fingerprint density at radius 2 is 1.79 bits per heavy atom. The van der Waals surface area contributed by atoms with Crippen LogP contribution in [0.15, 0.2) is 59.1 Å². The predicted octanol–water partition coefficient (Wildman–Crippen LogP) is 3.10. The summed E-state index contributed by atoms with van der Waals surface area (Å²) in [5.74, 6) is 1.64. The van der Waals surface area contributed by atoms with Gasteiger partial charge in [0.1, 0.15) is 0 Å². The quantitative estimate of drug-likeness (QED) is 0.673. The fourth-order valence-corrected chi connectivity index (χ4v) is 3.64. The molecule has 1 saturated heterocycles. The molecule has 1 N–H and O–H groups in total. The zero-order chi connectivity index (χ0) is 19.5. The van der Waals surface area contributed by atoms with Gasteiger partial charge < -0.3 is 14.2 Å². The van der Waals surface area contributed by atoms with Gasteiger partial charge in [-0.05, 0) is 55.5 Å². The first kappa shape index (κ1) is 18.7. The zero-order valence-electron chi connectivity index (χ0n) is 15.8. The van der Waals surface area contributed by atoms with Crippen LogP contribution in [0.2, 0.25) is 5.02 Å². The first-order chi connectivity index (χ1) is 13.6. The highest BCUT2D eigenvalue weighted by Crippen LogP contribution is 2.22. The fraction of sp³-hybridized carbons (Fsp3) is 0.273. The lowest BCUT2D eigenvalue weighted by Gasteiger charge is -2.33. The monoisotopic (exact) mass is 396 g/mol. The van der Waals surface area contributed by atoms with Gasteiger partial charge in [-0.2, -0.15) is 0 Å². The molecule has 1 aromatic heterocycles. The largest absolute Gasteiger partial charge is 0.435 e. The second-order valence-electron chi connectivity index (χ2n) is 7.14. The number of rotatable bonds is 5. The number of ketones is 1. The number of halogens is 1. The standard InChI is InChI=1S/C22H22ClN3O2/c1-16(27)17-4-8-20(9-5-17)26-12-10-25(11-13-26)15-22-24-14-21(28-22)18-2-6-19(23)7-3-18/h2-9,14H,10-13,15H2,1H3/p+1. The van der Waals surface area contributed by atoms with Crippen LogP contribution in [0, 0.1) is 0 Å². The van der Waals surface area contributed by atoms with E-state index in [1.165, 1.54) is 10.6 Å². The minimum absolute atomic E-state index is 0.102. The van der Waals surface area contributed by atoms with Gasteiger partial charge in [-0.3, -0.25) is 4.79 Å². The van der Waals surface area contributed by atoms with Crippen molar-refractivity contribution in [2.24, 2.45) is 0 Å². The van der Waals surface area contributed by atoms with Gasteiger partial charge >= 0.3 is 0 Å². The molecule has 0 bridgehead atoms. The molecule has 144 valence electrons. The number of carbonyl (C=O) groups excluding carboxylic acids is 1. The summed E-state index contributed by atoms with van der Waals surface area (Å²) in [7, 11) is 0. The number of benzene rings is 2. The van der Waals surface area contributed by atoms with Crippen LogP contribution < -0.4 is 9.80 Å². The number of quaternary nitrogens is 1. The number of piperazine rings is 1. The van der Waals surface area contributed by atoms with E-state index in [1.54, 1.807) is 13.1 Å². The van der Waals surface area contributed by atoms with Gasteiger partial charge in [-0.1, -0.05) is 11.6 Å². The van der Waals surface area contributed by atoms with Crippen molar-refractivity contribution in [3.05, 3.63) is 71.2 Å². The van der Waals surface area contributed by atoms with Crippen molar-refractivity contribution in [3.63, 3.8) is 0 Å². The third kappa shape index (κ3) is 4.26. The molecule has 0 spiro atoms. The molecule has 3 aromatic rings. The molecular weight excluding hydrogens is 374 g/mol. The average Bonchev–Trinajstić information content (AvgIpc) is 3.18. The Hall–Kier alpha value is -2.63. The molecule has 0 amide bonds. The third-order valence-corrected chi connectivity index (χ3v) is 5.45. The van der Waals surface area contributed by atoms with E-state index in [0.29, 0.717) is 5.02 Å². The van der Waals surface area contributed by atoms with Crippen LogP contribution in [-0.4, -0.2) is 36.9 Å². The Morgan fingerprint density at radius 3 is 2.43 bits per heavy atom. The highest BCUT2D eigenvalue weighted by molar-refractivity contribution is 6.30. The fourth-order valence-electron chi connectivity index (χ4n) is 3.52. The van der Waals surface area contributed by atoms with E-state index in [-0.39, 0.29) is 5.78 Å². The smallest absolute Gasteiger partial charge is 0.250 e. The lowest BCUT2D eigenvalue weighted by Crippen LogP contribution is -3.13. The lowest BCUT2D eigenvalue weighted by atomic mass is 10.1. The van der Waals surface area contributed by atoms with Crippen molar-refractivity contribution >= 4 is 23.1 Å². The first-order valence-electron chi connectivity index (χ1n) is 9.48. The third-order valence-electron chi connectivity index (χ3n) is 5.19. The SMILES string of the molecule is CC(=O)c1ccc(N2CC[NH+](Cc3ncc(-c4ccc(Cl)cc4)o3)CC2)cc1. The Kier molecular flexibility index (Phi) is 5.46. The van der Waals surface area contributed by atoms with Crippen molar-refractivity contribution in [2.45, 2.75) is 13.5 Å². The molecule has 4 rings (SSSR count). The van der Waals surface area contributed by atoms with Gasteiger partial charge in [0.25, 0.3) is 5.89 Å². The molecule has 0 unspecified atom stereocenters. The Balaban J connectivity index is 1.33. The van der Waals surface area contributed by atoms with Crippen molar-refractivity contribution < 1.29 is 14.1 Å². The molecule has 0 radical (unpaired) electrons. The number of nitrogens with one attached hydrogen (secondary N) is 1. The number of anilines is 1. The summed E-state index contributed by atoms with van der Waals surface area (Å²) >= 11 is 5.94. The van der Waals surface area contributed by atoms with Crippen LogP contribution in [0.3, 0.4) is 0 Å². The van der Waals surface area contributed by atoms with Crippen molar-refractivity contribution in [1.82, 2.24) is 4.98 Å². The topological polar surface area (TPSA) is 50.8 Å². The Bertz CT molecular complexity index is 943. The minimum Gasteiger partial charge on any atom is -0.435 e. The van der Waals surface area contributed by atoms with E-state index in [9.17, 15) is 4.79 Å². The van der Waals surface area contributed by atoms with Crippen LogP contribution >= 0.6 is 11.6 Å². The molecule has 6 heteroatoms. The van der Waals surface area contributed by atoms with Gasteiger partial charge in [-0.15, -0.1) is 0 Å². The molecule has 0 atom stereocenters. The molecule has 1 aliphatic rings. The molecule has 0 saturated carbocycles. The maximum absolute atomic E-state index is 11.4. The van der Waals surface area contributed by atoms with Gasteiger partial charge in [0.2, 0.25) is 0 Å². The predicted molar refractivity (Wildman–Crippen MR) is 110 cm³/mol. The van der Waals surface area contributed by atoms with Crippen molar-refractivity contribution in [1.29, 1.82) is 0 Å². The van der Waals surface area contributed by atoms with Crippen LogP contribution in [0.5, 0.6) is 0 Å². The number of hydrogen-bond donors (Lipinski definition) is 1. The van der Waals surface area contributed by atoms with E-state index in [0.717, 1.165) is 55.5 Å². The van der Waals surface area contributed by atoms with Crippen molar-refractivity contribution in [3.8, 4) is 11.3 Å². The number of hydrogen-bond acceptors (Lipinski definition) is 4. The number of aromatic nitrogens is 1. The Labute approximate surface area is 169 Å². The van der Waals surface area contributed by atoms with Crippen LogP contribution in [-0.2, 0) is 6.54 Å². The molecule has 2 aromatic carbocycles.